The first kappa shape index (κ1) is 14.3. The number of nitrogens with zero attached hydrogens (tertiary/aromatic N) is 2. The number of hydrogen-bond acceptors (Lipinski definition) is 3. The lowest BCUT2D eigenvalue weighted by Crippen LogP contribution is -2.22. The number of aryl methyl sites for hydroxylation is 1. The molecule has 3 rings (SSSR count). The van der Waals surface area contributed by atoms with Gasteiger partial charge in [-0.1, -0.05) is 18.2 Å². The molecule has 0 atom stereocenters. The van der Waals surface area contributed by atoms with E-state index in [0.717, 1.165) is 17.0 Å². The average molecular weight is 294 g/mol. The maximum atomic E-state index is 12.8. The summed E-state index contributed by atoms with van der Waals surface area (Å²) in [5.74, 6) is 1.40. The Morgan fingerprint density at radius 2 is 1.86 bits per heavy atom. The van der Waals surface area contributed by atoms with Gasteiger partial charge in [-0.15, -0.1) is 0 Å². The minimum Gasteiger partial charge on any atom is -0.491 e. The number of ether oxygens (including phenoxy) is 1. The summed E-state index contributed by atoms with van der Waals surface area (Å²) in [6, 6.07) is 14.9. The van der Waals surface area contributed by atoms with Crippen LogP contribution in [0.2, 0.25) is 0 Å². The number of hydrogen-bond donors (Lipinski definition) is 0. The third-order valence-corrected chi connectivity index (χ3v) is 3.39. The third kappa shape index (κ3) is 2.60. The molecule has 4 nitrogen and oxygen atoms in total. The largest absolute Gasteiger partial charge is 0.491 e. The van der Waals surface area contributed by atoms with E-state index in [0.29, 0.717) is 11.2 Å². The summed E-state index contributed by atoms with van der Waals surface area (Å²) in [6.07, 6.45) is 0.0859. The van der Waals surface area contributed by atoms with Crippen LogP contribution in [0.5, 0.6) is 5.75 Å². The highest BCUT2D eigenvalue weighted by Gasteiger charge is 2.10. The molecule has 0 aliphatic rings. The Kier molecular flexibility index (Phi) is 3.67. The highest BCUT2D eigenvalue weighted by Crippen LogP contribution is 2.19. The van der Waals surface area contributed by atoms with Crippen molar-refractivity contribution < 1.29 is 4.74 Å². The lowest BCUT2D eigenvalue weighted by Gasteiger charge is -2.14. The Bertz CT molecular complexity index is 882. The van der Waals surface area contributed by atoms with Crippen molar-refractivity contribution in [2.45, 2.75) is 26.9 Å². The van der Waals surface area contributed by atoms with E-state index in [1.54, 1.807) is 10.6 Å². The Hall–Kier alpha value is -2.62. The van der Waals surface area contributed by atoms with E-state index in [2.05, 4.69) is 4.98 Å². The molecule has 0 saturated carbocycles. The monoisotopic (exact) mass is 294 g/mol. The fourth-order valence-electron chi connectivity index (χ4n) is 2.52. The van der Waals surface area contributed by atoms with Crippen LogP contribution >= 0.6 is 0 Å². The molecule has 1 heterocycles. The summed E-state index contributed by atoms with van der Waals surface area (Å²) in [5, 5.41) is 0.614. The molecule has 4 heteroatoms. The molecular formula is C18H18N2O2. The van der Waals surface area contributed by atoms with Crippen LogP contribution in [0.4, 0.5) is 0 Å². The fraction of sp³-hybridized carbons (Fsp3) is 0.222. The van der Waals surface area contributed by atoms with E-state index in [1.165, 1.54) is 0 Å². The molecule has 1 aromatic heterocycles. The number of benzene rings is 2. The highest BCUT2D eigenvalue weighted by molar-refractivity contribution is 5.77. The standard InChI is InChI=1S/C18H18N2O2/c1-12(2)22-15-8-6-7-14(11-15)20-13(3)19-17-10-5-4-9-16(17)18(20)21/h4-12H,1-3H3. The molecule has 2 aromatic carbocycles. The van der Waals surface area contributed by atoms with Crippen molar-refractivity contribution in [3.63, 3.8) is 0 Å². The molecule has 0 radical (unpaired) electrons. The van der Waals surface area contributed by atoms with Crippen LogP contribution in [0, 0.1) is 6.92 Å². The molecule has 0 aliphatic carbocycles. The summed E-state index contributed by atoms with van der Waals surface area (Å²) >= 11 is 0. The van der Waals surface area contributed by atoms with Crippen LogP contribution in [-0.4, -0.2) is 15.7 Å². The van der Waals surface area contributed by atoms with Gasteiger partial charge in [0.05, 0.1) is 22.7 Å². The topological polar surface area (TPSA) is 44.1 Å². The molecule has 0 fully saturated rings. The first-order valence-corrected chi connectivity index (χ1v) is 7.32. The van der Waals surface area contributed by atoms with Crippen LogP contribution < -0.4 is 10.3 Å². The van der Waals surface area contributed by atoms with E-state index in [-0.39, 0.29) is 11.7 Å². The quantitative estimate of drug-likeness (QED) is 0.743. The van der Waals surface area contributed by atoms with Gasteiger partial charge in [0.1, 0.15) is 11.6 Å². The second kappa shape index (κ2) is 5.64. The summed E-state index contributed by atoms with van der Waals surface area (Å²) in [5.41, 5.74) is 1.42. The lowest BCUT2D eigenvalue weighted by atomic mass is 10.2. The zero-order valence-corrected chi connectivity index (χ0v) is 12.9. The van der Waals surface area contributed by atoms with Crippen molar-refractivity contribution in [3.05, 3.63) is 64.7 Å². The summed E-state index contributed by atoms with van der Waals surface area (Å²) in [6.45, 7) is 5.78. The predicted octanol–water partition coefficient (Wildman–Crippen LogP) is 3.48. The predicted molar refractivity (Wildman–Crippen MR) is 87.8 cm³/mol. The van der Waals surface area contributed by atoms with Crippen molar-refractivity contribution >= 4 is 10.9 Å². The van der Waals surface area contributed by atoms with Crippen LogP contribution in [0.1, 0.15) is 19.7 Å². The van der Waals surface area contributed by atoms with E-state index in [9.17, 15) is 4.79 Å². The van der Waals surface area contributed by atoms with Crippen molar-refractivity contribution in [1.82, 2.24) is 9.55 Å². The molecule has 0 aliphatic heterocycles. The SMILES string of the molecule is Cc1nc2ccccc2c(=O)n1-c1cccc(OC(C)C)c1. The van der Waals surface area contributed by atoms with Gasteiger partial charge in [-0.3, -0.25) is 9.36 Å². The zero-order chi connectivity index (χ0) is 15.7. The van der Waals surface area contributed by atoms with E-state index in [1.807, 2.05) is 63.2 Å². The lowest BCUT2D eigenvalue weighted by molar-refractivity contribution is 0.242. The number of fused-ring (bicyclic) bond motifs is 1. The Balaban J connectivity index is 2.20. The van der Waals surface area contributed by atoms with Crippen LogP contribution in [-0.2, 0) is 0 Å². The molecular weight excluding hydrogens is 276 g/mol. The van der Waals surface area contributed by atoms with Gasteiger partial charge in [-0.25, -0.2) is 4.98 Å². The third-order valence-electron chi connectivity index (χ3n) is 3.39. The Morgan fingerprint density at radius 1 is 1.09 bits per heavy atom. The van der Waals surface area contributed by atoms with Crippen molar-refractivity contribution in [3.8, 4) is 11.4 Å². The van der Waals surface area contributed by atoms with Crippen LogP contribution in [0.3, 0.4) is 0 Å². The molecule has 0 amide bonds. The van der Waals surface area contributed by atoms with Gasteiger partial charge in [-0.2, -0.15) is 0 Å². The summed E-state index contributed by atoms with van der Waals surface area (Å²) in [4.78, 5) is 17.3. The number of aromatic nitrogens is 2. The van der Waals surface area contributed by atoms with Gasteiger partial charge in [0.25, 0.3) is 5.56 Å². The van der Waals surface area contributed by atoms with Gasteiger partial charge >= 0.3 is 0 Å². The second-order valence-corrected chi connectivity index (χ2v) is 5.48. The molecule has 0 spiro atoms. The summed E-state index contributed by atoms with van der Waals surface area (Å²) in [7, 11) is 0. The molecule has 0 saturated heterocycles. The van der Waals surface area contributed by atoms with Crippen molar-refractivity contribution in [2.24, 2.45) is 0 Å². The Labute approximate surface area is 129 Å². The fourth-order valence-corrected chi connectivity index (χ4v) is 2.52. The molecule has 112 valence electrons. The Morgan fingerprint density at radius 3 is 2.64 bits per heavy atom. The van der Waals surface area contributed by atoms with E-state index >= 15 is 0 Å². The van der Waals surface area contributed by atoms with Gasteiger partial charge in [0.15, 0.2) is 0 Å². The van der Waals surface area contributed by atoms with Gasteiger partial charge in [0.2, 0.25) is 0 Å². The van der Waals surface area contributed by atoms with Gasteiger partial charge < -0.3 is 4.74 Å². The summed E-state index contributed by atoms with van der Waals surface area (Å²) < 4.78 is 7.33. The normalized spacial score (nSPS) is 11.1. The minimum atomic E-state index is -0.0650. The molecule has 22 heavy (non-hydrogen) atoms. The first-order chi connectivity index (χ1) is 10.6. The van der Waals surface area contributed by atoms with E-state index in [4.69, 9.17) is 4.74 Å². The van der Waals surface area contributed by atoms with Gasteiger partial charge in [0, 0.05) is 6.07 Å². The zero-order valence-electron chi connectivity index (χ0n) is 12.9. The molecule has 3 aromatic rings. The maximum Gasteiger partial charge on any atom is 0.265 e. The molecule has 0 unspecified atom stereocenters. The maximum absolute atomic E-state index is 12.8. The van der Waals surface area contributed by atoms with Crippen LogP contribution in [0.25, 0.3) is 16.6 Å². The van der Waals surface area contributed by atoms with Crippen LogP contribution in [0.15, 0.2) is 53.3 Å². The second-order valence-electron chi connectivity index (χ2n) is 5.48. The number of rotatable bonds is 3. The first-order valence-electron chi connectivity index (χ1n) is 7.32. The highest BCUT2D eigenvalue weighted by atomic mass is 16.5. The number of para-hydroxylation sites is 1. The van der Waals surface area contributed by atoms with Crippen molar-refractivity contribution in [2.75, 3.05) is 0 Å². The molecule has 0 bridgehead atoms. The molecule has 0 N–H and O–H groups in total. The van der Waals surface area contributed by atoms with E-state index < -0.39 is 0 Å². The average Bonchev–Trinajstić information content (AvgIpc) is 2.47. The van der Waals surface area contributed by atoms with Gasteiger partial charge in [-0.05, 0) is 45.0 Å². The minimum absolute atomic E-state index is 0.0650. The smallest absolute Gasteiger partial charge is 0.265 e. The van der Waals surface area contributed by atoms with Crippen molar-refractivity contribution in [1.29, 1.82) is 0 Å².